The van der Waals surface area contributed by atoms with Gasteiger partial charge in [0.05, 0.1) is 12.1 Å². The number of fused-ring (bicyclic) bond motifs is 8. The fraction of sp³-hybridized carbons (Fsp3) is 0.966. The van der Waals surface area contributed by atoms with E-state index in [4.69, 9.17) is 9.73 Å². The van der Waals surface area contributed by atoms with Crippen molar-refractivity contribution in [2.45, 2.75) is 116 Å². The SMILES string of the molecule is CC=NC1CCC2(C)C(CCC3C2CCC2(C)C3CC3OC4(O)CC(C)CNC4C(C)C32)C1. The standard InChI is InChI=1S/C29H48N2O2/c1-6-30-20-9-11-27(4)19(13-20)7-8-21-22(27)10-12-28(5)23(21)14-24-25(28)18(3)26-29(32,33-24)15-17(2)16-31-26/h6,17-26,31-32H,7-16H2,1-5H3. The third kappa shape index (κ3) is 3.22. The molecular formula is C29H48N2O2. The second-order valence-electron chi connectivity index (χ2n) is 13.9. The van der Waals surface area contributed by atoms with Crippen LogP contribution in [0.5, 0.6) is 0 Å². The zero-order valence-electron chi connectivity index (χ0n) is 21.7. The smallest absolute Gasteiger partial charge is 0.181 e. The second kappa shape index (κ2) is 7.77. The van der Waals surface area contributed by atoms with Gasteiger partial charge in [-0.05, 0) is 123 Å². The summed E-state index contributed by atoms with van der Waals surface area (Å²) < 4.78 is 6.73. The number of ether oxygens (including phenoxy) is 1. The molecule has 0 radical (unpaired) electrons. The Morgan fingerprint density at radius 1 is 1.00 bits per heavy atom. The molecule has 4 heteroatoms. The lowest BCUT2D eigenvalue weighted by Crippen LogP contribution is -2.68. The zero-order chi connectivity index (χ0) is 23.2. The van der Waals surface area contributed by atoms with E-state index in [1.165, 1.54) is 51.4 Å². The molecule has 0 bridgehead atoms. The van der Waals surface area contributed by atoms with Crippen LogP contribution in [0.1, 0.15) is 92.4 Å². The Labute approximate surface area is 201 Å². The number of aliphatic hydroxyl groups is 1. The van der Waals surface area contributed by atoms with Crippen LogP contribution in [0.15, 0.2) is 4.99 Å². The fourth-order valence-electron chi connectivity index (χ4n) is 11.0. The van der Waals surface area contributed by atoms with E-state index in [-0.39, 0.29) is 12.1 Å². The molecule has 2 saturated heterocycles. The Hall–Kier alpha value is -0.450. The van der Waals surface area contributed by atoms with E-state index in [9.17, 15) is 5.11 Å². The molecule has 186 valence electrons. The summed E-state index contributed by atoms with van der Waals surface area (Å²) in [5, 5.41) is 15.3. The van der Waals surface area contributed by atoms with Crippen molar-refractivity contribution in [3.05, 3.63) is 0 Å². The van der Waals surface area contributed by atoms with E-state index in [0.29, 0.717) is 34.6 Å². The quantitative estimate of drug-likeness (QED) is 0.517. The van der Waals surface area contributed by atoms with E-state index in [1.807, 2.05) is 6.21 Å². The van der Waals surface area contributed by atoms with Crippen LogP contribution >= 0.6 is 0 Å². The van der Waals surface area contributed by atoms with E-state index in [1.54, 1.807) is 0 Å². The maximum atomic E-state index is 11.6. The lowest BCUT2D eigenvalue weighted by Gasteiger charge is -2.62. The first-order chi connectivity index (χ1) is 15.7. The summed E-state index contributed by atoms with van der Waals surface area (Å²) in [4.78, 5) is 4.81. The Kier molecular flexibility index (Phi) is 5.41. The molecule has 33 heavy (non-hydrogen) atoms. The first-order valence-electron chi connectivity index (χ1n) is 14.3. The Balaban J connectivity index is 1.27. The van der Waals surface area contributed by atoms with Crippen LogP contribution in [0.3, 0.4) is 0 Å². The molecule has 2 heterocycles. The van der Waals surface area contributed by atoms with Crippen molar-refractivity contribution in [2.75, 3.05) is 6.54 Å². The average Bonchev–Trinajstić information content (AvgIpc) is 3.05. The molecule has 13 unspecified atom stereocenters. The summed E-state index contributed by atoms with van der Waals surface area (Å²) in [6.07, 6.45) is 13.8. The predicted octanol–water partition coefficient (Wildman–Crippen LogP) is 5.44. The van der Waals surface area contributed by atoms with Gasteiger partial charge < -0.3 is 15.2 Å². The number of nitrogens with one attached hydrogen (secondary N) is 1. The predicted molar refractivity (Wildman–Crippen MR) is 133 cm³/mol. The molecular weight excluding hydrogens is 408 g/mol. The third-order valence-corrected chi connectivity index (χ3v) is 12.3. The number of rotatable bonds is 1. The van der Waals surface area contributed by atoms with E-state index in [0.717, 1.165) is 36.6 Å². The highest BCUT2D eigenvalue weighted by molar-refractivity contribution is 5.53. The summed E-state index contributed by atoms with van der Waals surface area (Å²) in [7, 11) is 0. The highest BCUT2D eigenvalue weighted by Gasteiger charge is 2.67. The molecule has 2 N–H and O–H groups in total. The molecule has 6 rings (SSSR count). The lowest BCUT2D eigenvalue weighted by atomic mass is 9.44. The van der Waals surface area contributed by atoms with Crippen molar-refractivity contribution < 1.29 is 9.84 Å². The topological polar surface area (TPSA) is 53.9 Å². The van der Waals surface area contributed by atoms with Crippen LogP contribution in [0.25, 0.3) is 0 Å². The number of nitrogens with zero attached hydrogens (tertiary/aromatic N) is 1. The van der Waals surface area contributed by atoms with Gasteiger partial charge in [0.2, 0.25) is 0 Å². The molecule has 0 spiro atoms. The first-order valence-corrected chi connectivity index (χ1v) is 14.3. The second-order valence-corrected chi connectivity index (χ2v) is 13.9. The van der Waals surface area contributed by atoms with Gasteiger partial charge in [0.15, 0.2) is 5.79 Å². The molecule has 2 aliphatic heterocycles. The summed E-state index contributed by atoms with van der Waals surface area (Å²) in [6, 6.07) is 0.659. The summed E-state index contributed by atoms with van der Waals surface area (Å²) in [6.45, 7) is 13.0. The maximum absolute atomic E-state index is 11.6. The monoisotopic (exact) mass is 456 g/mol. The van der Waals surface area contributed by atoms with Crippen molar-refractivity contribution in [3.63, 3.8) is 0 Å². The molecule has 6 fully saturated rings. The van der Waals surface area contributed by atoms with Crippen molar-refractivity contribution >= 4 is 6.21 Å². The van der Waals surface area contributed by atoms with Crippen LogP contribution in [0.2, 0.25) is 0 Å². The lowest BCUT2D eigenvalue weighted by molar-refractivity contribution is -0.310. The van der Waals surface area contributed by atoms with Gasteiger partial charge in [-0.3, -0.25) is 4.99 Å². The van der Waals surface area contributed by atoms with Crippen molar-refractivity contribution in [1.29, 1.82) is 0 Å². The minimum Gasteiger partial charge on any atom is -0.364 e. The van der Waals surface area contributed by atoms with Crippen molar-refractivity contribution in [1.82, 2.24) is 5.32 Å². The van der Waals surface area contributed by atoms with Crippen LogP contribution in [-0.2, 0) is 4.74 Å². The molecule has 4 saturated carbocycles. The molecule has 6 aliphatic rings. The molecule has 0 aromatic carbocycles. The largest absolute Gasteiger partial charge is 0.364 e. The van der Waals surface area contributed by atoms with Gasteiger partial charge in [-0.15, -0.1) is 0 Å². The molecule has 0 aromatic heterocycles. The van der Waals surface area contributed by atoms with Crippen LogP contribution < -0.4 is 5.32 Å². The minimum absolute atomic E-state index is 0.0888. The highest BCUT2D eigenvalue weighted by atomic mass is 16.6. The average molecular weight is 457 g/mol. The molecule has 4 aliphatic carbocycles. The number of hydrogen-bond acceptors (Lipinski definition) is 4. The fourth-order valence-corrected chi connectivity index (χ4v) is 11.0. The molecule has 0 aromatic rings. The van der Waals surface area contributed by atoms with Crippen LogP contribution in [0, 0.1) is 52.3 Å². The van der Waals surface area contributed by atoms with Gasteiger partial charge >= 0.3 is 0 Å². The third-order valence-electron chi connectivity index (χ3n) is 12.3. The van der Waals surface area contributed by atoms with E-state index < -0.39 is 5.79 Å². The number of piperidine rings is 1. The number of aliphatic imine (C=N–C) groups is 1. The Bertz CT molecular complexity index is 800. The summed E-state index contributed by atoms with van der Waals surface area (Å²) in [5.74, 6) is 3.90. The Morgan fingerprint density at radius 2 is 1.79 bits per heavy atom. The molecule has 0 amide bonds. The van der Waals surface area contributed by atoms with E-state index >= 15 is 0 Å². The summed E-state index contributed by atoms with van der Waals surface area (Å²) >= 11 is 0. The van der Waals surface area contributed by atoms with Crippen molar-refractivity contribution in [3.8, 4) is 0 Å². The van der Waals surface area contributed by atoms with Gasteiger partial charge in [-0.25, -0.2) is 0 Å². The van der Waals surface area contributed by atoms with Gasteiger partial charge in [0.1, 0.15) is 0 Å². The van der Waals surface area contributed by atoms with Gasteiger partial charge in [-0.2, -0.15) is 0 Å². The highest BCUT2D eigenvalue weighted by Crippen LogP contribution is 2.70. The maximum Gasteiger partial charge on any atom is 0.181 e. The van der Waals surface area contributed by atoms with Crippen molar-refractivity contribution in [2.24, 2.45) is 57.2 Å². The molecule has 13 atom stereocenters. The number of hydrogen-bond donors (Lipinski definition) is 2. The molecule has 4 nitrogen and oxygen atoms in total. The van der Waals surface area contributed by atoms with Gasteiger partial charge in [-0.1, -0.05) is 27.7 Å². The normalized spacial score (nSPS) is 60.4. The zero-order valence-corrected chi connectivity index (χ0v) is 21.7. The van der Waals surface area contributed by atoms with Gasteiger partial charge in [0.25, 0.3) is 0 Å². The van der Waals surface area contributed by atoms with Gasteiger partial charge in [0, 0.05) is 12.5 Å². The summed E-state index contributed by atoms with van der Waals surface area (Å²) in [5.41, 5.74) is 0.873. The van der Waals surface area contributed by atoms with E-state index in [2.05, 4.69) is 39.9 Å². The van der Waals surface area contributed by atoms with Crippen LogP contribution in [0.4, 0.5) is 0 Å². The Morgan fingerprint density at radius 3 is 2.58 bits per heavy atom. The first kappa shape index (κ1) is 23.0. The van der Waals surface area contributed by atoms with Crippen LogP contribution in [-0.4, -0.2) is 41.8 Å². The minimum atomic E-state index is -0.969.